The van der Waals surface area contributed by atoms with E-state index in [1.807, 2.05) is 6.92 Å². The van der Waals surface area contributed by atoms with E-state index in [0.29, 0.717) is 16.1 Å². The molecule has 2 rings (SSSR count). The zero-order chi connectivity index (χ0) is 15.4. The zero-order valence-corrected chi connectivity index (χ0v) is 12.9. The molecule has 0 bridgehead atoms. The van der Waals surface area contributed by atoms with Gasteiger partial charge in [-0.15, -0.1) is 11.3 Å². The highest BCUT2D eigenvalue weighted by Gasteiger charge is 2.19. The van der Waals surface area contributed by atoms with Crippen LogP contribution in [0.5, 0.6) is 0 Å². The Morgan fingerprint density at radius 2 is 2.14 bits per heavy atom. The van der Waals surface area contributed by atoms with E-state index >= 15 is 0 Å². The highest BCUT2D eigenvalue weighted by atomic mass is 32.1. The number of carbonyl (C=O) groups excluding carboxylic acids is 2. The molecule has 0 spiro atoms. The van der Waals surface area contributed by atoms with Gasteiger partial charge in [-0.05, 0) is 39.0 Å². The van der Waals surface area contributed by atoms with Crippen LogP contribution in [0.25, 0.3) is 0 Å². The molecule has 2 aromatic heterocycles. The molecule has 0 atom stereocenters. The van der Waals surface area contributed by atoms with Crippen LogP contribution in [0.2, 0.25) is 0 Å². The number of amides is 1. The topological polar surface area (TPSA) is 68.3 Å². The van der Waals surface area contributed by atoms with E-state index in [0.717, 1.165) is 4.88 Å². The van der Waals surface area contributed by atoms with Gasteiger partial charge in [-0.1, -0.05) is 0 Å². The highest BCUT2D eigenvalue weighted by Crippen LogP contribution is 2.29. The number of pyridine rings is 1. The van der Waals surface area contributed by atoms with Crippen LogP contribution in [0.1, 0.15) is 39.4 Å². The smallest absolute Gasteiger partial charge is 0.341 e. The van der Waals surface area contributed by atoms with E-state index < -0.39 is 5.97 Å². The highest BCUT2D eigenvalue weighted by molar-refractivity contribution is 7.16. The second kappa shape index (κ2) is 6.49. The molecule has 1 amide bonds. The summed E-state index contributed by atoms with van der Waals surface area (Å²) in [4.78, 5) is 29.0. The lowest BCUT2D eigenvalue weighted by molar-refractivity contribution is 0.0379. The quantitative estimate of drug-likeness (QED) is 0.880. The predicted molar refractivity (Wildman–Crippen MR) is 81.8 cm³/mol. The van der Waals surface area contributed by atoms with Crippen molar-refractivity contribution in [3.05, 3.63) is 46.6 Å². The van der Waals surface area contributed by atoms with Crippen molar-refractivity contribution in [1.29, 1.82) is 0 Å². The Bertz CT molecular complexity index is 650. The summed E-state index contributed by atoms with van der Waals surface area (Å²) in [7, 11) is 0. The van der Waals surface area contributed by atoms with Gasteiger partial charge >= 0.3 is 5.97 Å². The Kier molecular flexibility index (Phi) is 4.70. The van der Waals surface area contributed by atoms with Crippen LogP contribution in [0, 0.1) is 6.92 Å². The van der Waals surface area contributed by atoms with Crippen molar-refractivity contribution < 1.29 is 14.3 Å². The average molecular weight is 304 g/mol. The van der Waals surface area contributed by atoms with Gasteiger partial charge in [-0.2, -0.15) is 0 Å². The van der Waals surface area contributed by atoms with Crippen LogP contribution >= 0.6 is 11.3 Å². The van der Waals surface area contributed by atoms with E-state index in [1.165, 1.54) is 17.5 Å². The lowest BCUT2D eigenvalue weighted by Crippen LogP contribution is -2.16. The first kappa shape index (κ1) is 15.2. The summed E-state index contributed by atoms with van der Waals surface area (Å²) in [6.07, 6.45) is 2.86. The first-order valence-electron chi connectivity index (χ1n) is 6.50. The third kappa shape index (κ3) is 3.88. The number of hydrogen-bond acceptors (Lipinski definition) is 5. The third-order valence-corrected chi connectivity index (χ3v) is 3.53. The first-order valence-corrected chi connectivity index (χ1v) is 7.32. The van der Waals surface area contributed by atoms with Gasteiger partial charge in [0, 0.05) is 17.3 Å². The van der Waals surface area contributed by atoms with E-state index in [2.05, 4.69) is 10.3 Å². The average Bonchev–Trinajstić information content (AvgIpc) is 2.80. The molecule has 0 saturated heterocycles. The van der Waals surface area contributed by atoms with Gasteiger partial charge in [0.2, 0.25) is 0 Å². The van der Waals surface area contributed by atoms with Crippen LogP contribution in [0.4, 0.5) is 5.00 Å². The molecule has 0 unspecified atom stereocenters. The summed E-state index contributed by atoms with van der Waals surface area (Å²) in [6.45, 7) is 5.44. The number of rotatable bonds is 4. The number of aryl methyl sites for hydroxylation is 1. The normalized spacial score (nSPS) is 10.5. The Labute approximate surface area is 127 Å². The van der Waals surface area contributed by atoms with E-state index in [9.17, 15) is 9.59 Å². The van der Waals surface area contributed by atoms with Gasteiger partial charge < -0.3 is 10.1 Å². The Hall–Kier alpha value is -2.21. The van der Waals surface area contributed by atoms with Crippen molar-refractivity contribution in [1.82, 2.24) is 4.98 Å². The monoisotopic (exact) mass is 304 g/mol. The minimum atomic E-state index is -0.434. The summed E-state index contributed by atoms with van der Waals surface area (Å²) < 4.78 is 5.18. The van der Waals surface area contributed by atoms with Crippen LogP contribution in [0.3, 0.4) is 0 Å². The van der Waals surface area contributed by atoms with Gasteiger partial charge in [-0.3, -0.25) is 9.78 Å². The fraction of sp³-hybridized carbons (Fsp3) is 0.267. The van der Waals surface area contributed by atoms with Crippen LogP contribution < -0.4 is 5.32 Å². The molecule has 1 N–H and O–H groups in total. The largest absolute Gasteiger partial charge is 0.459 e. The molecule has 0 radical (unpaired) electrons. The second-order valence-electron chi connectivity index (χ2n) is 4.75. The van der Waals surface area contributed by atoms with Crippen molar-refractivity contribution in [2.75, 3.05) is 5.32 Å². The SMILES string of the molecule is Cc1cc(C(=O)OC(C)C)c(NC(=O)c2cccnc2)s1. The van der Waals surface area contributed by atoms with Crippen LogP contribution in [0.15, 0.2) is 30.6 Å². The molecule has 0 aliphatic heterocycles. The molecule has 0 saturated carbocycles. The maximum Gasteiger partial charge on any atom is 0.341 e. The van der Waals surface area contributed by atoms with Crippen molar-refractivity contribution in [2.24, 2.45) is 0 Å². The minimum Gasteiger partial charge on any atom is -0.459 e. The number of nitrogens with zero attached hydrogens (tertiary/aromatic N) is 1. The van der Waals surface area contributed by atoms with Crippen LogP contribution in [-0.4, -0.2) is 23.0 Å². The molecule has 2 aromatic rings. The van der Waals surface area contributed by atoms with Gasteiger partial charge in [-0.25, -0.2) is 4.79 Å². The lowest BCUT2D eigenvalue weighted by atomic mass is 10.2. The lowest BCUT2D eigenvalue weighted by Gasteiger charge is -2.09. The number of aromatic nitrogens is 1. The summed E-state index contributed by atoms with van der Waals surface area (Å²) in [5, 5.41) is 3.23. The number of anilines is 1. The molecule has 21 heavy (non-hydrogen) atoms. The summed E-state index contributed by atoms with van der Waals surface area (Å²) in [6, 6.07) is 5.06. The summed E-state index contributed by atoms with van der Waals surface area (Å²) in [5.41, 5.74) is 0.815. The van der Waals surface area contributed by atoms with Gasteiger partial charge in [0.05, 0.1) is 17.2 Å². The van der Waals surface area contributed by atoms with Crippen LogP contribution in [-0.2, 0) is 4.74 Å². The van der Waals surface area contributed by atoms with Gasteiger partial charge in [0.25, 0.3) is 5.91 Å². The Balaban J connectivity index is 2.21. The standard InChI is InChI=1S/C15H16N2O3S/c1-9(2)20-15(19)12-7-10(3)21-14(12)17-13(18)11-5-4-6-16-8-11/h4-9H,1-3H3,(H,17,18). The molecule has 2 heterocycles. The molecular formula is C15H16N2O3S. The van der Waals surface area contributed by atoms with E-state index in [-0.39, 0.29) is 12.0 Å². The number of hydrogen-bond donors (Lipinski definition) is 1. The molecule has 110 valence electrons. The second-order valence-corrected chi connectivity index (χ2v) is 6.01. The fourth-order valence-corrected chi connectivity index (χ4v) is 2.60. The molecule has 6 heteroatoms. The fourth-order valence-electron chi connectivity index (χ4n) is 1.71. The van der Waals surface area contributed by atoms with Crippen molar-refractivity contribution in [3.63, 3.8) is 0 Å². The maximum absolute atomic E-state index is 12.1. The molecule has 0 aliphatic rings. The Morgan fingerprint density at radius 1 is 1.38 bits per heavy atom. The van der Waals surface area contributed by atoms with Crippen molar-refractivity contribution in [2.45, 2.75) is 26.9 Å². The predicted octanol–water partition coefficient (Wildman–Crippen LogP) is 3.27. The zero-order valence-electron chi connectivity index (χ0n) is 12.0. The van der Waals surface area contributed by atoms with Crippen molar-refractivity contribution in [3.8, 4) is 0 Å². The minimum absolute atomic E-state index is 0.209. The molecule has 5 nitrogen and oxygen atoms in total. The number of nitrogens with one attached hydrogen (secondary N) is 1. The Morgan fingerprint density at radius 3 is 2.76 bits per heavy atom. The number of esters is 1. The first-order chi connectivity index (χ1) is 9.97. The number of ether oxygens (including phenoxy) is 1. The summed E-state index contributed by atoms with van der Waals surface area (Å²) >= 11 is 1.34. The summed E-state index contributed by atoms with van der Waals surface area (Å²) in [5.74, 6) is -0.737. The van der Waals surface area contributed by atoms with Gasteiger partial charge in [0.15, 0.2) is 0 Å². The molecule has 0 fully saturated rings. The number of thiophene rings is 1. The molecule has 0 aromatic carbocycles. The maximum atomic E-state index is 12.1. The van der Waals surface area contributed by atoms with Crippen molar-refractivity contribution >= 4 is 28.2 Å². The van der Waals surface area contributed by atoms with Gasteiger partial charge in [0.1, 0.15) is 5.00 Å². The van der Waals surface area contributed by atoms with E-state index in [1.54, 1.807) is 38.2 Å². The van der Waals surface area contributed by atoms with E-state index in [4.69, 9.17) is 4.74 Å². The number of carbonyl (C=O) groups is 2. The molecular weight excluding hydrogens is 288 g/mol. The third-order valence-electron chi connectivity index (χ3n) is 2.57. The molecule has 0 aliphatic carbocycles.